The molecule has 0 radical (unpaired) electrons. The average Bonchev–Trinajstić information content (AvgIpc) is 2.75. The molecule has 1 fully saturated rings. The van der Waals surface area contributed by atoms with Crippen LogP contribution in [0.1, 0.15) is 44.1 Å². The Morgan fingerprint density at radius 3 is 2.94 bits per heavy atom. The summed E-state index contributed by atoms with van der Waals surface area (Å²) in [4.78, 5) is 0. The second-order valence-electron chi connectivity index (χ2n) is 5.10. The van der Waals surface area contributed by atoms with Gasteiger partial charge < -0.3 is 9.73 Å². The van der Waals surface area contributed by atoms with Crippen molar-refractivity contribution in [3.8, 4) is 0 Å². The summed E-state index contributed by atoms with van der Waals surface area (Å²) < 4.78 is 5.76. The summed E-state index contributed by atoms with van der Waals surface area (Å²) in [6.07, 6.45) is 5.60. The third-order valence-corrected chi connectivity index (χ3v) is 4.77. The van der Waals surface area contributed by atoms with Crippen molar-refractivity contribution in [2.24, 2.45) is 5.92 Å². The number of hydrogen-bond donors (Lipinski definition) is 1. The van der Waals surface area contributed by atoms with Crippen LogP contribution in [-0.4, -0.2) is 12.3 Å². The van der Waals surface area contributed by atoms with Crippen LogP contribution in [0.15, 0.2) is 16.5 Å². The van der Waals surface area contributed by atoms with Crippen LogP contribution in [0.5, 0.6) is 0 Å². The van der Waals surface area contributed by atoms with E-state index in [2.05, 4.69) is 36.1 Å². The molecule has 2 atom stereocenters. The van der Waals surface area contributed by atoms with Crippen molar-refractivity contribution in [3.63, 3.8) is 0 Å². The highest BCUT2D eigenvalue weighted by molar-refractivity contribution is 7.99. The molecule has 96 valence electrons. The van der Waals surface area contributed by atoms with E-state index in [9.17, 15) is 0 Å². The van der Waals surface area contributed by atoms with Gasteiger partial charge in [-0.1, -0.05) is 19.8 Å². The molecule has 0 saturated heterocycles. The van der Waals surface area contributed by atoms with Crippen LogP contribution in [0.3, 0.4) is 0 Å². The van der Waals surface area contributed by atoms with Gasteiger partial charge in [-0.2, -0.15) is 11.8 Å². The molecule has 2 unspecified atom stereocenters. The summed E-state index contributed by atoms with van der Waals surface area (Å²) >= 11 is 2.07. The van der Waals surface area contributed by atoms with Gasteiger partial charge in [0.05, 0.1) is 12.3 Å². The van der Waals surface area contributed by atoms with E-state index in [0.29, 0.717) is 0 Å². The van der Waals surface area contributed by atoms with Crippen LogP contribution in [0.2, 0.25) is 0 Å². The summed E-state index contributed by atoms with van der Waals surface area (Å²) in [6.45, 7) is 3.20. The first-order valence-electron chi connectivity index (χ1n) is 6.61. The lowest BCUT2D eigenvalue weighted by Gasteiger charge is -2.25. The molecule has 2 nitrogen and oxygen atoms in total. The molecule has 0 aliphatic heterocycles. The third-order valence-electron chi connectivity index (χ3n) is 3.42. The van der Waals surface area contributed by atoms with Crippen LogP contribution in [-0.2, 0) is 12.3 Å². The Labute approximate surface area is 109 Å². The first-order chi connectivity index (χ1) is 8.28. The number of rotatable bonds is 5. The van der Waals surface area contributed by atoms with Crippen molar-refractivity contribution in [2.45, 2.75) is 50.2 Å². The summed E-state index contributed by atoms with van der Waals surface area (Å²) in [5.74, 6) is 4.11. The Morgan fingerprint density at radius 1 is 1.35 bits per heavy atom. The predicted octanol–water partition coefficient (Wildman–Crippen LogP) is 3.81. The molecule has 0 aromatic carbocycles. The monoisotopic (exact) mass is 253 g/mol. The lowest BCUT2D eigenvalue weighted by molar-refractivity contribution is 0.393. The van der Waals surface area contributed by atoms with Crippen LogP contribution >= 0.6 is 11.8 Å². The molecule has 2 rings (SSSR count). The van der Waals surface area contributed by atoms with E-state index in [-0.39, 0.29) is 0 Å². The standard InChI is InChI=1S/C14H23NOS/c1-11-4-3-5-14(8-11)17-10-13-7-6-12(16-13)9-15-2/h6-7,11,14-15H,3-5,8-10H2,1-2H3. The number of nitrogens with one attached hydrogen (secondary N) is 1. The van der Waals surface area contributed by atoms with Crippen LogP contribution < -0.4 is 5.32 Å². The molecule has 17 heavy (non-hydrogen) atoms. The molecule has 0 spiro atoms. The fraction of sp³-hybridized carbons (Fsp3) is 0.714. The van der Waals surface area contributed by atoms with E-state index in [0.717, 1.165) is 35.0 Å². The van der Waals surface area contributed by atoms with Crippen molar-refractivity contribution in [1.29, 1.82) is 0 Å². The Kier molecular flexibility index (Phi) is 4.99. The molecule has 0 bridgehead atoms. The van der Waals surface area contributed by atoms with Gasteiger partial charge >= 0.3 is 0 Å². The minimum Gasteiger partial charge on any atom is -0.464 e. The van der Waals surface area contributed by atoms with Crippen molar-refractivity contribution >= 4 is 11.8 Å². The van der Waals surface area contributed by atoms with Gasteiger partial charge in [-0.3, -0.25) is 0 Å². The highest BCUT2D eigenvalue weighted by Crippen LogP contribution is 2.33. The normalized spacial score (nSPS) is 25.1. The maximum Gasteiger partial charge on any atom is 0.117 e. The number of thioether (sulfide) groups is 1. The van der Waals surface area contributed by atoms with Crippen LogP contribution in [0.4, 0.5) is 0 Å². The Bertz CT molecular complexity index is 337. The summed E-state index contributed by atoms with van der Waals surface area (Å²) in [5.41, 5.74) is 0. The van der Waals surface area contributed by atoms with E-state index >= 15 is 0 Å². The molecule has 1 saturated carbocycles. The highest BCUT2D eigenvalue weighted by Gasteiger charge is 2.19. The number of hydrogen-bond acceptors (Lipinski definition) is 3. The maximum atomic E-state index is 5.76. The lowest BCUT2D eigenvalue weighted by Crippen LogP contribution is -2.15. The van der Waals surface area contributed by atoms with Gasteiger partial charge in [-0.15, -0.1) is 0 Å². The second-order valence-corrected chi connectivity index (χ2v) is 6.39. The van der Waals surface area contributed by atoms with Gasteiger partial charge in [-0.25, -0.2) is 0 Å². The molecule has 1 aliphatic carbocycles. The topological polar surface area (TPSA) is 25.2 Å². The van der Waals surface area contributed by atoms with E-state index in [1.165, 1.54) is 25.7 Å². The SMILES string of the molecule is CNCc1ccc(CSC2CCCC(C)C2)o1. The molecule has 1 N–H and O–H groups in total. The molecule has 1 aromatic rings. The quantitative estimate of drug-likeness (QED) is 0.864. The minimum atomic E-state index is 0.825. The Hall–Kier alpha value is -0.410. The summed E-state index contributed by atoms with van der Waals surface area (Å²) in [5, 5.41) is 3.95. The van der Waals surface area contributed by atoms with Crippen molar-refractivity contribution in [2.75, 3.05) is 7.05 Å². The second kappa shape index (κ2) is 6.50. The molecule has 1 aliphatic rings. The van der Waals surface area contributed by atoms with Crippen molar-refractivity contribution in [3.05, 3.63) is 23.7 Å². The van der Waals surface area contributed by atoms with E-state index < -0.39 is 0 Å². The van der Waals surface area contributed by atoms with E-state index in [4.69, 9.17) is 4.42 Å². The maximum absolute atomic E-state index is 5.76. The molecular weight excluding hydrogens is 230 g/mol. The first-order valence-corrected chi connectivity index (χ1v) is 7.66. The van der Waals surface area contributed by atoms with Crippen LogP contribution in [0, 0.1) is 5.92 Å². The fourth-order valence-electron chi connectivity index (χ4n) is 2.50. The average molecular weight is 253 g/mol. The molecular formula is C14H23NOS. The Balaban J connectivity index is 1.76. The van der Waals surface area contributed by atoms with Gasteiger partial charge in [-0.05, 0) is 37.9 Å². The van der Waals surface area contributed by atoms with E-state index in [1.807, 2.05) is 7.05 Å². The first kappa shape index (κ1) is 13.0. The molecule has 0 amide bonds. The van der Waals surface area contributed by atoms with Gasteiger partial charge in [0.1, 0.15) is 11.5 Å². The molecule has 1 aromatic heterocycles. The van der Waals surface area contributed by atoms with Gasteiger partial charge in [0.25, 0.3) is 0 Å². The minimum absolute atomic E-state index is 0.825. The predicted molar refractivity (Wildman–Crippen MR) is 74.2 cm³/mol. The molecule has 1 heterocycles. The Morgan fingerprint density at radius 2 is 2.18 bits per heavy atom. The van der Waals surface area contributed by atoms with Gasteiger partial charge in [0.15, 0.2) is 0 Å². The van der Waals surface area contributed by atoms with Crippen LogP contribution in [0.25, 0.3) is 0 Å². The van der Waals surface area contributed by atoms with Gasteiger partial charge in [0.2, 0.25) is 0 Å². The van der Waals surface area contributed by atoms with E-state index in [1.54, 1.807) is 0 Å². The number of furan rings is 1. The molecule has 3 heteroatoms. The summed E-state index contributed by atoms with van der Waals surface area (Å²) in [6, 6.07) is 4.20. The van der Waals surface area contributed by atoms with Crippen molar-refractivity contribution in [1.82, 2.24) is 5.32 Å². The zero-order valence-corrected chi connectivity index (χ0v) is 11.7. The fourth-order valence-corrected chi connectivity index (χ4v) is 3.85. The largest absolute Gasteiger partial charge is 0.464 e. The van der Waals surface area contributed by atoms with Crippen molar-refractivity contribution < 1.29 is 4.42 Å². The summed E-state index contributed by atoms with van der Waals surface area (Å²) in [7, 11) is 1.94. The smallest absolute Gasteiger partial charge is 0.117 e. The third kappa shape index (κ3) is 4.07. The highest BCUT2D eigenvalue weighted by atomic mass is 32.2. The zero-order valence-electron chi connectivity index (χ0n) is 10.9. The zero-order chi connectivity index (χ0) is 12.1. The van der Waals surface area contributed by atoms with Gasteiger partial charge in [0, 0.05) is 5.25 Å². The lowest BCUT2D eigenvalue weighted by atomic mass is 9.91.